The molecule has 0 aliphatic heterocycles. The highest BCUT2D eigenvalue weighted by Gasteiger charge is 2.18. The number of furan rings is 2. The van der Waals surface area contributed by atoms with Crippen LogP contribution in [0, 0.1) is 0 Å². The van der Waals surface area contributed by atoms with Crippen LogP contribution in [0.4, 0.5) is 0 Å². The van der Waals surface area contributed by atoms with Gasteiger partial charge in [-0.05, 0) is 44.2 Å². The van der Waals surface area contributed by atoms with Crippen molar-refractivity contribution < 1.29 is 28.6 Å². The quantitative estimate of drug-likeness (QED) is 0.521. The second kappa shape index (κ2) is 5.49. The molecule has 0 atom stereocenters. The van der Waals surface area contributed by atoms with Crippen molar-refractivity contribution in [1.82, 2.24) is 0 Å². The van der Waals surface area contributed by atoms with Crippen molar-refractivity contribution in [3.63, 3.8) is 0 Å². The third kappa shape index (κ3) is 2.35. The molecule has 2 heterocycles. The number of rotatable bonds is 3. The Morgan fingerprint density at radius 2 is 1.46 bits per heavy atom. The number of hydrogen-bond donors (Lipinski definition) is 2. The number of hydrogen-bond acceptors (Lipinski definition) is 6. The number of aromatic hydroxyl groups is 2. The van der Waals surface area contributed by atoms with E-state index in [9.17, 15) is 19.8 Å². The van der Waals surface area contributed by atoms with Crippen LogP contribution in [-0.2, 0) is 0 Å². The van der Waals surface area contributed by atoms with Gasteiger partial charge in [0, 0.05) is 10.8 Å². The molecule has 0 unspecified atom stereocenters. The fourth-order valence-corrected chi connectivity index (χ4v) is 3.02. The lowest BCUT2D eigenvalue weighted by Crippen LogP contribution is -1.91. The van der Waals surface area contributed by atoms with Crippen molar-refractivity contribution in [1.29, 1.82) is 0 Å². The Balaban J connectivity index is 1.91. The van der Waals surface area contributed by atoms with E-state index < -0.39 is 0 Å². The van der Waals surface area contributed by atoms with Crippen molar-refractivity contribution in [3.05, 3.63) is 47.7 Å². The minimum absolute atomic E-state index is 0.113. The van der Waals surface area contributed by atoms with Gasteiger partial charge in [-0.3, -0.25) is 9.59 Å². The maximum atomic E-state index is 11.6. The normalized spacial score (nSPS) is 11.3. The predicted octanol–water partition coefficient (Wildman–Crippen LogP) is 4.66. The lowest BCUT2D eigenvalue weighted by Gasteiger charge is -2.00. The van der Waals surface area contributed by atoms with Crippen LogP contribution in [0.2, 0.25) is 0 Å². The molecule has 4 aromatic rings. The lowest BCUT2D eigenvalue weighted by molar-refractivity contribution is 0.100. The molecule has 0 spiro atoms. The number of ketones is 2. The summed E-state index contributed by atoms with van der Waals surface area (Å²) in [5, 5.41) is 21.3. The van der Waals surface area contributed by atoms with E-state index in [-0.39, 0.29) is 34.2 Å². The highest BCUT2D eigenvalue weighted by molar-refractivity contribution is 6.04. The van der Waals surface area contributed by atoms with Crippen LogP contribution in [0.15, 0.2) is 45.4 Å². The van der Waals surface area contributed by atoms with Gasteiger partial charge < -0.3 is 19.0 Å². The van der Waals surface area contributed by atoms with E-state index >= 15 is 0 Å². The second-order valence-corrected chi connectivity index (χ2v) is 6.15. The van der Waals surface area contributed by atoms with Crippen LogP contribution >= 0.6 is 0 Å². The summed E-state index contributed by atoms with van der Waals surface area (Å²) in [6.45, 7) is 2.73. The van der Waals surface area contributed by atoms with E-state index in [1.54, 1.807) is 6.07 Å². The van der Waals surface area contributed by atoms with E-state index in [4.69, 9.17) is 8.83 Å². The van der Waals surface area contributed by atoms with Gasteiger partial charge in [0.15, 0.2) is 11.6 Å². The molecule has 2 N–H and O–H groups in total. The summed E-state index contributed by atoms with van der Waals surface area (Å²) in [4.78, 5) is 23.1. The average molecular weight is 350 g/mol. The Kier molecular flexibility index (Phi) is 3.37. The summed E-state index contributed by atoms with van der Waals surface area (Å²) in [6, 6.07) is 7.60. The SMILES string of the molecule is CC(=O)c1cc2oc(-c3coc4cc(C(C)=O)c(O)cc34)cc2cc1O. The summed E-state index contributed by atoms with van der Waals surface area (Å²) in [7, 11) is 0. The standard InChI is InChI=1S/C20H14O6/c1-9(21)12-6-18-11(3-16(12)23)4-20(26-18)15-8-25-19-7-13(10(2)22)17(24)5-14(15)19/h3-8,23-24H,1-2H3. The molecule has 0 amide bonds. The molecule has 6 heteroatoms. The van der Waals surface area contributed by atoms with Crippen molar-refractivity contribution >= 4 is 33.5 Å². The van der Waals surface area contributed by atoms with Gasteiger partial charge in [0.1, 0.15) is 34.7 Å². The van der Waals surface area contributed by atoms with Gasteiger partial charge in [-0.25, -0.2) is 0 Å². The molecule has 6 nitrogen and oxygen atoms in total. The smallest absolute Gasteiger partial charge is 0.163 e. The highest BCUT2D eigenvalue weighted by atomic mass is 16.3. The number of carbonyl (C=O) groups excluding carboxylic acids is 2. The highest BCUT2D eigenvalue weighted by Crippen LogP contribution is 2.38. The number of Topliss-reactive ketones (excluding diaryl/α,β-unsaturated/α-hetero) is 2. The molecule has 0 fully saturated rings. The summed E-state index contributed by atoms with van der Waals surface area (Å²) < 4.78 is 11.3. The molecule has 0 bridgehead atoms. The van der Waals surface area contributed by atoms with Gasteiger partial charge in [-0.2, -0.15) is 0 Å². The zero-order valence-electron chi connectivity index (χ0n) is 14.0. The fourth-order valence-electron chi connectivity index (χ4n) is 3.02. The number of benzene rings is 2. The lowest BCUT2D eigenvalue weighted by atomic mass is 10.0. The Morgan fingerprint density at radius 3 is 2.12 bits per heavy atom. The van der Waals surface area contributed by atoms with E-state index in [2.05, 4.69) is 0 Å². The zero-order valence-corrected chi connectivity index (χ0v) is 14.0. The largest absolute Gasteiger partial charge is 0.507 e. The maximum absolute atomic E-state index is 11.6. The first-order chi connectivity index (χ1) is 12.3. The van der Waals surface area contributed by atoms with Crippen LogP contribution in [-0.4, -0.2) is 21.8 Å². The van der Waals surface area contributed by atoms with Crippen LogP contribution in [0.3, 0.4) is 0 Å². The maximum Gasteiger partial charge on any atom is 0.163 e. The molecule has 2 aromatic heterocycles. The van der Waals surface area contributed by atoms with E-state index in [0.29, 0.717) is 33.3 Å². The topological polar surface area (TPSA) is 101 Å². The molecule has 2 aromatic carbocycles. The number of fused-ring (bicyclic) bond motifs is 2. The summed E-state index contributed by atoms with van der Waals surface area (Å²) in [5.74, 6) is -0.330. The minimum atomic E-state index is -0.266. The van der Waals surface area contributed by atoms with E-state index in [1.165, 1.54) is 44.4 Å². The van der Waals surface area contributed by atoms with Gasteiger partial charge in [0.05, 0.1) is 16.7 Å². The van der Waals surface area contributed by atoms with E-state index in [1.807, 2.05) is 0 Å². The molecule has 0 saturated carbocycles. The van der Waals surface area contributed by atoms with Crippen LogP contribution in [0.1, 0.15) is 34.6 Å². The average Bonchev–Trinajstić information content (AvgIpc) is 3.15. The summed E-state index contributed by atoms with van der Waals surface area (Å²) in [5.41, 5.74) is 1.83. The van der Waals surface area contributed by atoms with E-state index in [0.717, 1.165) is 0 Å². The second-order valence-electron chi connectivity index (χ2n) is 6.15. The number of phenolic OH excluding ortho intramolecular Hbond substituents is 2. The number of phenols is 2. The third-order valence-electron chi connectivity index (χ3n) is 4.35. The summed E-state index contributed by atoms with van der Waals surface area (Å²) in [6.07, 6.45) is 1.47. The van der Waals surface area contributed by atoms with Crippen molar-refractivity contribution in [2.75, 3.05) is 0 Å². The van der Waals surface area contributed by atoms with Crippen LogP contribution < -0.4 is 0 Å². The summed E-state index contributed by atoms with van der Waals surface area (Å²) >= 11 is 0. The molecule has 26 heavy (non-hydrogen) atoms. The molecular weight excluding hydrogens is 336 g/mol. The monoisotopic (exact) mass is 350 g/mol. The molecule has 0 radical (unpaired) electrons. The Hall–Kier alpha value is -3.54. The Bertz CT molecular complexity index is 1210. The van der Waals surface area contributed by atoms with Crippen molar-refractivity contribution in [2.24, 2.45) is 0 Å². The van der Waals surface area contributed by atoms with Gasteiger partial charge in [0.2, 0.25) is 0 Å². The molecule has 0 saturated heterocycles. The first-order valence-electron chi connectivity index (χ1n) is 7.88. The molecular formula is C20H14O6. The zero-order chi connectivity index (χ0) is 18.6. The van der Waals surface area contributed by atoms with Gasteiger partial charge in [-0.1, -0.05) is 0 Å². The van der Waals surface area contributed by atoms with Gasteiger partial charge in [0.25, 0.3) is 0 Å². The molecule has 4 rings (SSSR count). The van der Waals surface area contributed by atoms with Gasteiger partial charge >= 0.3 is 0 Å². The predicted molar refractivity (Wildman–Crippen MR) is 94.8 cm³/mol. The van der Waals surface area contributed by atoms with Crippen LogP contribution in [0.25, 0.3) is 33.3 Å². The Morgan fingerprint density at radius 1 is 0.846 bits per heavy atom. The molecule has 0 aliphatic carbocycles. The molecule has 130 valence electrons. The molecule has 0 aliphatic rings. The fraction of sp³-hybridized carbons (Fsp3) is 0.100. The van der Waals surface area contributed by atoms with Gasteiger partial charge in [-0.15, -0.1) is 0 Å². The van der Waals surface area contributed by atoms with Crippen molar-refractivity contribution in [3.8, 4) is 22.8 Å². The Labute approximate surface area is 147 Å². The first kappa shape index (κ1) is 16.0. The number of carbonyl (C=O) groups is 2. The van der Waals surface area contributed by atoms with Crippen molar-refractivity contribution in [2.45, 2.75) is 13.8 Å². The third-order valence-corrected chi connectivity index (χ3v) is 4.35. The van der Waals surface area contributed by atoms with Crippen LogP contribution in [0.5, 0.6) is 11.5 Å². The first-order valence-corrected chi connectivity index (χ1v) is 7.88. The minimum Gasteiger partial charge on any atom is -0.507 e.